The number of hydrogen-bond acceptors (Lipinski definition) is 3. The molecule has 3 rings (SSSR count). The van der Waals surface area contributed by atoms with E-state index in [1.807, 2.05) is 26.0 Å². The average Bonchev–Trinajstić information content (AvgIpc) is 3.18. The van der Waals surface area contributed by atoms with E-state index in [-0.39, 0.29) is 18.4 Å². The predicted octanol–water partition coefficient (Wildman–Crippen LogP) is 1.76. The van der Waals surface area contributed by atoms with Crippen LogP contribution in [0.15, 0.2) is 12.1 Å². The summed E-state index contributed by atoms with van der Waals surface area (Å²) >= 11 is 0. The largest absolute Gasteiger partial charge is 0.492 e. The van der Waals surface area contributed by atoms with Crippen molar-refractivity contribution in [3.63, 3.8) is 0 Å². The number of nitrogens with one attached hydrogen (secondary N) is 1. The Kier molecular flexibility index (Phi) is 3.35. The molecule has 1 aromatic rings. The summed E-state index contributed by atoms with van der Waals surface area (Å²) in [5.41, 5.74) is 3.08. The molecule has 1 aliphatic carbocycles. The zero-order valence-electron chi connectivity index (χ0n) is 12.2. The molecule has 1 saturated carbocycles. The molecule has 2 N–H and O–H groups in total. The molecule has 2 unspecified atom stereocenters. The maximum atomic E-state index is 12.4. The van der Waals surface area contributed by atoms with Gasteiger partial charge in [0, 0.05) is 5.56 Å². The van der Waals surface area contributed by atoms with E-state index in [4.69, 9.17) is 4.74 Å². The Labute approximate surface area is 123 Å². The van der Waals surface area contributed by atoms with Gasteiger partial charge in [-0.3, -0.25) is 4.79 Å². The van der Waals surface area contributed by atoms with Crippen LogP contribution < -0.4 is 10.1 Å². The lowest BCUT2D eigenvalue weighted by Crippen LogP contribution is -2.44. The van der Waals surface area contributed by atoms with Gasteiger partial charge in [-0.25, -0.2) is 4.79 Å². The molecule has 0 bridgehead atoms. The van der Waals surface area contributed by atoms with Crippen molar-refractivity contribution in [1.29, 1.82) is 0 Å². The van der Waals surface area contributed by atoms with Gasteiger partial charge in [0.25, 0.3) is 0 Å². The fourth-order valence-electron chi connectivity index (χ4n) is 2.75. The normalized spacial score (nSPS) is 21.3. The molecule has 0 saturated heterocycles. The molecule has 21 heavy (non-hydrogen) atoms. The van der Waals surface area contributed by atoms with Crippen molar-refractivity contribution in [3.05, 3.63) is 28.8 Å². The second kappa shape index (κ2) is 5.06. The summed E-state index contributed by atoms with van der Waals surface area (Å²) in [6, 6.07) is 3.13. The molecule has 0 aromatic heterocycles. The topological polar surface area (TPSA) is 75.6 Å². The van der Waals surface area contributed by atoms with Gasteiger partial charge >= 0.3 is 5.97 Å². The number of carbonyl (C=O) groups excluding carboxylic acids is 1. The highest BCUT2D eigenvalue weighted by molar-refractivity contribution is 5.89. The first-order chi connectivity index (χ1) is 9.97. The number of aliphatic carboxylic acids is 1. The van der Waals surface area contributed by atoms with Crippen molar-refractivity contribution in [2.45, 2.75) is 38.6 Å². The van der Waals surface area contributed by atoms with Crippen molar-refractivity contribution in [2.24, 2.45) is 5.92 Å². The third kappa shape index (κ3) is 2.60. The zero-order chi connectivity index (χ0) is 15.1. The SMILES string of the molecule is Cc1cc2c(cc1C)C(C(=O)NC(C(=O)O)C1CC1)CO2. The van der Waals surface area contributed by atoms with Crippen LogP contribution in [0.3, 0.4) is 0 Å². The third-order valence-corrected chi connectivity index (χ3v) is 4.38. The summed E-state index contributed by atoms with van der Waals surface area (Å²) < 4.78 is 5.58. The lowest BCUT2D eigenvalue weighted by Gasteiger charge is -2.16. The number of carboxylic acid groups (broad SMARTS) is 1. The fourth-order valence-corrected chi connectivity index (χ4v) is 2.75. The van der Waals surface area contributed by atoms with Gasteiger partial charge in [-0.1, -0.05) is 6.07 Å². The standard InChI is InChI=1S/C16H19NO4/c1-8-5-11-12(7-21-13(11)6-9(8)2)15(18)17-14(16(19)20)10-3-4-10/h5-6,10,12,14H,3-4,7H2,1-2H3,(H,17,18)(H,19,20). The van der Waals surface area contributed by atoms with E-state index in [0.717, 1.165) is 35.3 Å². The number of rotatable bonds is 4. The summed E-state index contributed by atoms with van der Waals surface area (Å²) in [5, 5.41) is 11.9. The summed E-state index contributed by atoms with van der Waals surface area (Å²) in [7, 11) is 0. The summed E-state index contributed by atoms with van der Waals surface area (Å²) in [6.45, 7) is 4.27. The highest BCUT2D eigenvalue weighted by atomic mass is 16.5. The summed E-state index contributed by atoms with van der Waals surface area (Å²) in [6.07, 6.45) is 1.74. The Morgan fingerprint density at radius 3 is 2.57 bits per heavy atom. The van der Waals surface area contributed by atoms with Crippen molar-refractivity contribution < 1.29 is 19.4 Å². The first kappa shape index (κ1) is 13.9. The zero-order valence-corrected chi connectivity index (χ0v) is 12.2. The van der Waals surface area contributed by atoms with Crippen LogP contribution in [0.25, 0.3) is 0 Å². The lowest BCUT2D eigenvalue weighted by molar-refractivity contribution is -0.142. The first-order valence-electron chi connectivity index (χ1n) is 7.24. The van der Waals surface area contributed by atoms with Crippen LogP contribution in [0, 0.1) is 19.8 Å². The van der Waals surface area contributed by atoms with Gasteiger partial charge in [0.1, 0.15) is 24.3 Å². The third-order valence-electron chi connectivity index (χ3n) is 4.38. The summed E-state index contributed by atoms with van der Waals surface area (Å²) in [5.74, 6) is -0.814. The van der Waals surface area contributed by atoms with Crippen LogP contribution in [0.2, 0.25) is 0 Å². The molecule has 1 heterocycles. The van der Waals surface area contributed by atoms with Crippen molar-refractivity contribution >= 4 is 11.9 Å². The van der Waals surface area contributed by atoms with Gasteiger partial charge in [0.05, 0.1) is 0 Å². The van der Waals surface area contributed by atoms with Gasteiger partial charge in [0.2, 0.25) is 5.91 Å². The van der Waals surface area contributed by atoms with Gasteiger partial charge in [0.15, 0.2) is 0 Å². The second-order valence-electron chi connectivity index (χ2n) is 6.00. The van der Waals surface area contributed by atoms with Crippen LogP contribution in [0.1, 0.15) is 35.4 Å². The molecule has 0 radical (unpaired) electrons. The molecule has 1 aromatic carbocycles. The lowest BCUT2D eigenvalue weighted by atomic mass is 9.96. The number of hydrogen-bond donors (Lipinski definition) is 2. The van der Waals surface area contributed by atoms with E-state index in [0.29, 0.717) is 0 Å². The number of benzene rings is 1. The van der Waals surface area contributed by atoms with Gasteiger partial charge in [-0.2, -0.15) is 0 Å². The van der Waals surface area contributed by atoms with Crippen LogP contribution in [0.4, 0.5) is 0 Å². The molecule has 1 amide bonds. The van der Waals surface area contributed by atoms with Gasteiger partial charge in [-0.05, 0) is 49.8 Å². The fraction of sp³-hybridized carbons (Fsp3) is 0.500. The minimum Gasteiger partial charge on any atom is -0.492 e. The van der Waals surface area contributed by atoms with Crippen molar-refractivity contribution in [3.8, 4) is 5.75 Å². The monoisotopic (exact) mass is 289 g/mol. The maximum Gasteiger partial charge on any atom is 0.326 e. The Hall–Kier alpha value is -2.04. The number of fused-ring (bicyclic) bond motifs is 1. The van der Waals surface area contributed by atoms with E-state index in [2.05, 4.69) is 5.32 Å². The van der Waals surface area contributed by atoms with Crippen LogP contribution in [-0.4, -0.2) is 29.6 Å². The van der Waals surface area contributed by atoms with Crippen LogP contribution in [-0.2, 0) is 9.59 Å². The Bertz CT molecular complexity index is 607. The molecule has 112 valence electrons. The Morgan fingerprint density at radius 1 is 1.29 bits per heavy atom. The molecular formula is C16H19NO4. The molecule has 5 heteroatoms. The van der Waals surface area contributed by atoms with E-state index in [1.54, 1.807) is 0 Å². The molecule has 1 fully saturated rings. The maximum absolute atomic E-state index is 12.4. The molecule has 1 aliphatic heterocycles. The van der Waals surface area contributed by atoms with Gasteiger partial charge < -0.3 is 15.2 Å². The Morgan fingerprint density at radius 2 is 1.95 bits per heavy atom. The first-order valence-corrected chi connectivity index (χ1v) is 7.24. The van der Waals surface area contributed by atoms with E-state index in [9.17, 15) is 14.7 Å². The smallest absolute Gasteiger partial charge is 0.326 e. The highest BCUT2D eigenvalue weighted by Crippen LogP contribution is 2.37. The average molecular weight is 289 g/mol. The Balaban J connectivity index is 1.78. The molecule has 0 spiro atoms. The molecule has 5 nitrogen and oxygen atoms in total. The number of ether oxygens (including phenoxy) is 1. The number of aryl methyl sites for hydroxylation is 2. The van der Waals surface area contributed by atoms with Crippen molar-refractivity contribution in [2.75, 3.05) is 6.61 Å². The number of amides is 1. The van der Waals surface area contributed by atoms with Crippen LogP contribution in [0.5, 0.6) is 5.75 Å². The van der Waals surface area contributed by atoms with E-state index < -0.39 is 17.9 Å². The van der Waals surface area contributed by atoms with Crippen molar-refractivity contribution in [1.82, 2.24) is 5.32 Å². The van der Waals surface area contributed by atoms with E-state index >= 15 is 0 Å². The molecule has 2 aliphatic rings. The molecule has 2 atom stereocenters. The molecular weight excluding hydrogens is 270 g/mol. The number of carboxylic acids is 1. The predicted molar refractivity (Wildman–Crippen MR) is 76.4 cm³/mol. The van der Waals surface area contributed by atoms with Gasteiger partial charge in [-0.15, -0.1) is 0 Å². The van der Waals surface area contributed by atoms with Crippen LogP contribution >= 0.6 is 0 Å². The minimum absolute atomic E-state index is 0.0768. The highest BCUT2D eigenvalue weighted by Gasteiger charge is 2.40. The quantitative estimate of drug-likeness (QED) is 0.885. The summed E-state index contributed by atoms with van der Waals surface area (Å²) in [4.78, 5) is 23.6. The second-order valence-corrected chi connectivity index (χ2v) is 6.00. The minimum atomic E-state index is -0.954. The number of carbonyl (C=O) groups is 2. The van der Waals surface area contributed by atoms with E-state index in [1.165, 1.54) is 0 Å².